The van der Waals surface area contributed by atoms with E-state index in [0.717, 1.165) is 18.4 Å². The van der Waals surface area contributed by atoms with E-state index < -0.39 is 11.8 Å². The Bertz CT molecular complexity index is 522. The molecule has 0 radical (unpaired) electrons. The van der Waals surface area contributed by atoms with Gasteiger partial charge in [-0.05, 0) is 37.0 Å². The van der Waals surface area contributed by atoms with Crippen molar-refractivity contribution in [1.29, 1.82) is 0 Å². The van der Waals surface area contributed by atoms with Crippen LogP contribution in [0.3, 0.4) is 0 Å². The second-order valence-corrected chi connectivity index (χ2v) is 6.27. The van der Waals surface area contributed by atoms with Crippen LogP contribution in [0, 0.1) is 17.3 Å². The number of carbonyl (C=O) groups is 3. The highest BCUT2D eigenvalue weighted by atomic mass is 16.4. The fourth-order valence-electron chi connectivity index (χ4n) is 3.50. The van der Waals surface area contributed by atoms with Crippen LogP contribution in [-0.2, 0) is 14.4 Å². The molecule has 0 saturated heterocycles. The van der Waals surface area contributed by atoms with E-state index in [-0.39, 0.29) is 28.4 Å². The lowest BCUT2D eigenvalue weighted by Crippen LogP contribution is -2.25. The summed E-state index contributed by atoms with van der Waals surface area (Å²) in [6.45, 7) is 6.10. The summed E-state index contributed by atoms with van der Waals surface area (Å²) in [5, 5.41) is 8.88. The predicted molar refractivity (Wildman–Crippen MR) is 69.5 cm³/mol. The Morgan fingerprint density at radius 1 is 1.37 bits per heavy atom. The molecule has 4 nitrogen and oxygen atoms in total. The summed E-state index contributed by atoms with van der Waals surface area (Å²) >= 11 is 0. The number of Topliss-reactive ketones (excluding diaryl/α,β-unsaturated/α-hetero) is 1. The number of carbonyl (C=O) groups excluding carboxylic acids is 2. The Kier molecular flexibility index (Phi) is 3.20. The number of aldehydes is 1. The van der Waals surface area contributed by atoms with Crippen LogP contribution in [0.15, 0.2) is 22.8 Å². The quantitative estimate of drug-likeness (QED) is 0.625. The van der Waals surface area contributed by atoms with E-state index in [0.29, 0.717) is 6.29 Å². The molecule has 1 unspecified atom stereocenters. The van der Waals surface area contributed by atoms with E-state index in [1.165, 1.54) is 0 Å². The lowest BCUT2D eigenvalue weighted by atomic mass is 9.77. The number of fused-ring (bicyclic) bond motifs is 1. The van der Waals surface area contributed by atoms with E-state index in [1.807, 2.05) is 0 Å². The van der Waals surface area contributed by atoms with Gasteiger partial charge in [-0.2, -0.15) is 0 Å². The summed E-state index contributed by atoms with van der Waals surface area (Å²) < 4.78 is 0. The zero-order chi connectivity index (χ0) is 14.4. The largest absolute Gasteiger partial charge is 0.475 e. The Morgan fingerprint density at radius 3 is 2.53 bits per heavy atom. The molecule has 1 saturated carbocycles. The van der Waals surface area contributed by atoms with Crippen LogP contribution in [0.4, 0.5) is 0 Å². The minimum Gasteiger partial charge on any atom is -0.475 e. The zero-order valence-electron chi connectivity index (χ0n) is 11.4. The molecule has 19 heavy (non-hydrogen) atoms. The van der Waals surface area contributed by atoms with Crippen LogP contribution in [0.5, 0.6) is 0 Å². The first-order valence-corrected chi connectivity index (χ1v) is 6.42. The van der Waals surface area contributed by atoms with Crippen molar-refractivity contribution < 1.29 is 19.5 Å². The van der Waals surface area contributed by atoms with Gasteiger partial charge in [0.05, 0.1) is 0 Å². The second-order valence-electron chi connectivity index (χ2n) is 6.27. The van der Waals surface area contributed by atoms with E-state index in [4.69, 9.17) is 5.11 Å². The first kappa shape index (κ1) is 13.7. The second kappa shape index (κ2) is 4.44. The van der Waals surface area contributed by atoms with Crippen molar-refractivity contribution in [3.63, 3.8) is 0 Å². The van der Waals surface area contributed by atoms with Gasteiger partial charge in [-0.15, -0.1) is 0 Å². The number of carboxylic acid groups (broad SMARTS) is 1. The van der Waals surface area contributed by atoms with Gasteiger partial charge in [-0.3, -0.25) is 9.59 Å². The first-order chi connectivity index (χ1) is 8.76. The van der Waals surface area contributed by atoms with Crippen molar-refractivity contribution in [3.05, 3.63) is 22.8 Å². The molecule has 1 N–H and O–H groups in total. The molecule has 102 valence electrons. The van der Waals surface area contributed by atoms with E-state index in [1.54, 1.807) is 13.0 Å². The summed E-state index contributed by atoms with van der Waals surface area (Å²) in [6, 6.07) is 0. The third-order valence-electron chi connectivity index (χ3n) is 4.26. The standard InChI is InChI=1S/C15H18O4/c1-8-11-6-15(2,3)5-9(11)4-10(7-16)12(8)13(17)14(18)19/h4,7,9,11H,5-6H2,1-3H3,(H,18,19)/t9-,11?/m0/s1. The van der Waals surface area contributed by atoms with Crippen LogP contribution in [0.2, 0.25) is 0 Å². The normalized spacial score (nSPS) is 28.7. The number of ketones is 1. The zero-order valence-corrected chi connectivity index (χ0v) is 11.4. The molecule has 2 aliphatic carbocycles. The molecule has 1 fully saturated rings. The van der Waals surface area contributed by atoms with Crippen molar-refractivity contribution >= 4 is 18.0 Å². The maximum Gasteiger partial charge on any atom is 0.377 e. The minimum atomic E-state index is -1.50. The lowest BCUT2D eigenvalue weighted by molar-refractivity contribution is -0.147. The number of allylic oxidation sites excluding steroid dienone is 3. The Labute approximate surface area is 112 Å². The summed E-state index contributed by atoms with van der Waals surface area (Å²) in [4.78, 5) is 33.8. The molecule has 2 atom stereocenters. The van der Waals surface area contributed by atoms with Gasteiger partial charge >= 0.3 is 5.97 Å². The predicted octanol–water partition coefficient (Wildman–Crippen LogP) is 2.15. The van der Waals surface area contributed by atoms with E-state index in [9.17, 15) is 14.4 Å². The molecule has 2 aliphatic rings. The summed E-state index contributed by atoms with van der Waals surface area (Å²) in [5.74, 6) is -2.06. The van der Waals surface area contributed by atoms with Crippen LogP contribution in [0.25, 0.3) is 0 Å². The van der Waals surface area contributed by atoms with Gasteiger partial charge in [0.2, 0.25) is 0 Å². The molecule has 0 aromatic heterocycles. The number of aliphatic carboxylic acids is 1. The molecule has 0 heterocycles. The molecule has 0 aromatic carbocycles. The highest BCUT2D eigenvalue weighted by Crippen LogP contribution is 2.51. The molecular weight excluding hydrogens is 244 g/mol. The molecule has 0 amide bonds. The van der Waals surface area contributed by atoms with E-state index in [2.05, 4.69) is 13.8 Å². The summed E-state index contributed by atoms with van der Waals surface area (Å²) in [7, 11) is 0. The monoisotopic (exact) mass is 262 g/mol. The SMILES string of the molecule is CC1=C(C(=O)C(=O)O)C(C=O)=C[C@H]2CC(C)(C)CC12. The minimum absolute atomic E-state index is 0.0986. The third kappa shape index (κ3) is 2.27. The molecule has 0 spiro atoms. The molecule has 2 rings (SSSR count). The van der Waals surface area contributed by atoms with Gasteiger partial charge in [0.1, 0.15) is 6.29 Å². The number of hydrogen-bond donors (Lipinski definition) is 1. The van der Waals surface area contributed by atoms with Gasteiger partial charge in [0, 0.05) is 11.1 Å². The van der Waals surface area contributed by atoms with Crippen LogP contribution in [0.1, 0.15) is 33.6 Å². The van der Waals surface area contributed by atoms with Crippen molar-refractivity contribution in [2.24, 2.45) is 17.3 Å². The van der Waals surface area contributed by atoms with Gasteiger partial charge in [-0.25, -0.2) is 4.79 Å². The van der Waals surface area contributed by atoms with E-state index >= 15 is 0 Å². The average Bonchev–Trinajstić information content (AvgIpc) is 2.62. The summed E-state index contributed by atoms with van der Waals surface area (Å²) in [6.07, 6.45) is 4.26. The van der Waals surface area contributed by atoms with Crippen molar-refractivity contribution in [3.8, 4) is 0 Å². The van der Waals surface area contributed by atoms with Gasteiger partial charge in [0.25, 0.3) is 5.78 Å². The van der Waals surface area contributed by atoms with Crippen LogP contribution in [-0.4, -0.2) is 23.1 Å². The highest BCUT2D eigenvalue weighted by molar-refractivity contribution is 6.42. The summed E-state index contributed by atoms with van der Waals surface area (Å²) in [5.41, 5.74) is 1.25. The molecule has 0 bridgehead atoms. The first-order valence-electron chi connectivity index (χ1n) is 6.42. The third-order valence-corrected chi connectivity index (χ3v) is 4.26. The molecular formula is C15H18O4. The lowest BCUT2D eigenvalue weighted by Gasteiger charge is -2.25. The van der Waals surface area contributed by atoms with Gasteiger partial charge in [-0.1, -0.05) is 25.5 Å². The van der Waals surface area contributed by atoms with Crippen molar-refractivity contribution in [2.45, 2.75) is 33.6 Å². The fraction of sp³-hybridized carbons (Fsp3) is 0.533. The molecule has 0 aliphatic heterocycles. The smallest absolute Gasteiger partial charge is 0.377 e. The molecule has 0 aromatic rings. The van der Waals surface area contributed by atoms with Crippen molar-refractivity contribution in [2.75, 3.05) is 0 Å². The number of rotatable bonds is 3. The fourth-order valence-corrected chi connectivity index (χ4v) is 3.50. The molecule has 4 heteroatoms. The van der Waals surface area contributed by atoms with Gasteiger partial charge < -0.3 is 5.11 Å². The maximum absolute atomic E-state index is 11.8. The van der Waals surface area contributed by atoms with Crippen molar-refractivity contribution in [1.82, 2.24) is 0 Å². The van der Waals surface area contributed by atoms with Gasteiger partial charge in [0.15, 0.2) is 0 Å². The Balaban J connectivity index is 2.49. The topological polar surface area (TPSA) is 71.4 Å². The Morgan fingerprint density at radius 2 is 2.00 bits per heavy atom. The Hall–Kier alpha value is -1.71. The number of carboxylic acids is 1. The van der Waals surface area contributed by atoms with Crippen LogP contribution < -0.4 is 0 Å². The number of hydrogen-bond acceptors (Lipinski definition) is 3. The highest BCUT2D eigenvalue weighted by Gasteiger charge is 2.43. The maximum atomic E-state index is 11.8. The average molecular weight is 262 g/mol. The van der Waals surface area contributed by atoms with Crippen LogP contribution >= 0.6 is 0 Å².